The van der Waals surface area contributed by atoms with Gasteiger partial charge in [0.2, 0.25) is 5.60 Å². The lowest BCUT2D eigenvalue weighted by molar-refractivity contribution is -0.127. The summed E-state index contributed by atoms with van der Waals surface area (Å²) in [4.78, 5) is 28.8. The number of rotatable bonds is 4. The number of aryl methyl sites for hydroxylation is 1. The summed E-state index contributed by atoms with van der Waals surface area (Å²) < 4.78 is 5.17. The highest BCUT2D eigenvalue weighted by Gasteiger charge is 2.45. The fourth-order valence-electron chi connectivity index (χ4n) is 2.13. The Balaban J connectivity index is 2.06. The van der Waals surface area contributed by atoms with Crippen molar-refractivity contribution in [2.45, 2.75) is 17.6 Å². The molecule has 0 spiro atoms. The number of thiophene rings is 1. The molecule has 3 rings (SSSR count). The van der Waals surface area contributed by atoms with Crippen molar-refractivity contribution in [1.29, 1.82) is 0 Å². The number of primary amides is 1. The molecule has 2 heterocycles. The summed E-state index contributed by atoms with van der Waals surface area (Å²) in [5.41, 5.74) is 10.9. The molecule has 120 valence electrons. The predicted molar refractivity (Wildman–Crippen MR) is 92.0 cm³/mol. The molecule has 1 amide bonds. The van der Waals surface area contributed by atoms with Gasteiger partial charge in [0.05, 0.1) is 10.7 Å². The van der Waals surface area contributed by atoms with Crippen LogP contribution in [0.3, 0.4) is 0 Å². The Morgan fingerprint density at radius 1 is 1.43 bits per heavy atom. The lowest BCUT2D eigenvalue weighted by Gasteiger charge is -2.12. The van der Waals surface area contributed by atoms with Crippen LogP contribution in [0.25, 0.3) is 10.2 Å². The van der Waals surface area contributed by atoms with Gasteiger partial charge in [-0.1, -0.05) is 11.6 Å². The third-order valence-corrected chi connectivity index (χ3v) is 5.85. The molecule has 0 unspecified atom stereocenters. The van der Waals surface area contributed by atoms with E-state index in [1.165, 1.54) is 23.9 Å². The van der Waals surface area contributed by atoms with Gasteiger partial charge in [0.15, 0.2) is 0 Å². The van der Waals surface area contributed by atoms with E-state index in [0.717, 1.165) is 16.9 Å². The zero-order valence-corrected chi connectivity index (χ0v) is 14.6. The average Bonchev–Trinajstić information content (AvgIpc) is 3.20. The molecule has 9 heteroatoms. The van der Waals surface area contributed by atoms with Crippen molar-refractivity contribution >= 4 is 62.5 Å². The summed E-state index contributed by atoms with van der Waals surface area (Å²) in [6.45, 7) is 1.82. The van der Waals surface area contributed by atoms with Crippen LogP contribution in [0.1, 0.15) is 15.2 Å². The smallest absolute Gasteiger partial charge is 0.352 e. The lowest BCUT2D eigenvalue weighted by Crippen LogP contribution is -2.36. The average molecular weight is 370 g/mol. The van der Waals surface area contributed by atoms with E-state index >= 15 is 0 Å². The van der Waals surface area contributed by atoms with Crippen LogP contribution in [0.2, 0.25) is 5.02 Å². The first kappa shape index (κ1) is 16.1. The molecule has 1 aliphatic carbocycles. The number of nitrogens with zero attached hydrogens (tertiary/aromatic N) is 1. The molecule has 0 aliphatic heterocycles. The van der Waals surface area contributed by atoms with Crippen molar-refractivity contribution in [3.63, 3.8) is 0 Å². The van der Waals surface area contributed by atoms with Crippen molar-refractivity contribution in [2.75, 3.05) is 12.0 Å². The predicted octanol–water partition coefficient (Wildman–Crippen LogP) is 2.51. The molecule has 2 aromatic heterocycles. The van der Waals surface area contributed by atoms with Gasteiger partial charge in [0.25, 0.3) is 5.91 Å². The minimum atomic E-state index is -1.43. The van der Waals surface area contributed by atoms with Crippen LogP contribution in [0.5, 0.6) is 0 Å². The second-order valence-corrected chi connectivity index (χ2v) is 7.14. The maximum atomic E-state index is 12.3. The van der Waals surface area contributed by atoms with Gasteiger partial charge in [-0.3, -0.25) is 4.79 Å². The number of fused-ring (bicyclic) bond motifs is 1. The van der Waals surface area contributed by atoms with E-state index in [-0.39, 0.29) is 10.6 Å². The lowest BCUT2D eigenvalue weighted by atomic mass is 10.1. The number of hydrogen-bond donors (Lipinski definition) is 2. The highest BCUT2D eigenvalue weighted by Crippen LogP contribution is 2.41. The van der Waals surface area contributed by atoms with Crippen molar-refractivity contribution in [3.05, 3.63) is 27.6 Å². The highest BCUT2D eigenvalue weighted by atomic mass is 35.5. The van der Waals surface area contributed by atoms with Gasteiger partial charge >= 0.3 is 5.97 Å². The number of esters is 1. The number of thioether (sulfide) groups is 1. The number of halogens is 1. The fourth-order valence-corrected chi connectivity index (χ4v) is 4.10. The Kier molecular flexibility index (Phi) is 3.78. The van der Waals surface area contributed by atoms with Crippen LogP contribution in [0.15, 0.2) is 17.2 Å². The molecule has 0 aromatic carbocycles. The number of hydrogen-bond acceptors (Lipinski definition) is 7. The third-order valence-electron chi connectivity index (χ3n) is 3.52. The molecule has 2 aromatic rings. The van der Waals surface area contributed by atoms with Gasteiger partial charge < -0.3 is 16.2 Å². The van der Waals surface area contributed by atoms with Crippen molar-refractivity contribution in [1.82, 2.24) is 4.98 Å². The Morgan fingerprint density at radius 3 is 2.61 bits per heavy atom. The van der Waals surface area contributed by atoms with Gasteiger partial charge in [-0.2, -0.15) is 0 Å². The van der Waals surface area contributed by atoms with E-state index in [2.05, 4.69) is 4.98 Å². The second kappa shape index (κ2) is 5.40. The van der Waals surface area contributed by atoms with E-state index in [4.69, 9.17) is 27.8 Å². The molecule has 1 aliphatic rings. The molecule has 0 fully saturated rings. The highest BCUT2D eigenvalue weighted by molar-refractivity contribution is 7.98. The zero-order valence-electron chi connectivity index (χ0n) is 12.2. The van der Waals surface area contributed by atoms with E-state index in [1.54, 1.807) is 0 Å². The molecular weight excluding hydrogens is 358 g/mol. The normalized spacial score (nSPS) is 14.9. The van der Waals surface area contributed by atoms with E-state index in [0.29, 0.717) is 20.3 Å². The van der Waals surface area contributed by atoms with Crippen LogP contribution in [0, 0.1) is 6.92 Å². The molecule has 0 bridgehead atoms. The first-order valence-electron chi connectivity index (χ1n) is 6.46. The van der Waals surface area contributed by atoms with Crippen LogP contribution in [0.4, 0.5) is 5.69 Å². The molecule has 0 saturated carbocycles. The third kappa shape index (κ3) is 2.46. The Bertz CT molecular complexity index is 885. The number of nitrogen functional groups attached to an aromatic ring is 1. The number of nitrogens with two attached hydrogens (primary N) is 2. The van der Waals surface area contributed by atoms with Gasteiger partial charge in [-0.25, -0.2) is 9.78 Å². The number of anilines is 1. The Labute approximate surface area is 144 Å². The summed E-state index contributed by atoms with van der Waals surface area (Å²) in [5.74, 6) is -1.46. The number of carbonyl (C=O) groups excluding carboxylic acids is 2. The van der Waals surface area contributed by atoms with Crippen molar-refractivity contribution in [2.24, 2.45) is 5.73 Å². The van der Waals surface area contributed by atoms with E-state index in [9.17, 15) is 9.59 Å². The van der Waals surface area contributed by atoms with Crippen LogP contribution >= 0.6 is 34.7 Å². The van der Waals surface area contributed by atoms with E-state index < -0.39 is 17.5 Å². The SMILES string of the molecule is CSc1nc2sc(C(=O)OC3(C(N)=O)C=C3)c(N)c2c(C)c1Cl. The number of amides is 1. The topological polar surface area (TPSA) is 108 Å². The van der Waals surface area contributed by atoms with Crippen LogP contribution in [-0.2, 0) is 9.53 Å². The minimum absolute atomic E-state index is 0.180. The molecule has 0 atom stereocenters. The number of ether oxygens (including phenoxy) is 1. The van der Waals surface area contributed by atoms with Gasteiger partial charge in [-0.15, -0.1) is 23.1 Å². The van der Waals surface area contributed by atoms with E-state index in [1.807, 2.05) is 13.2 Å². The summed E-state index contributed by atoms with van der Waals surface area (Å²) in [6, 6.07) is 0. The summed E-state index contributed by atoms with van der Waals surface area (Å²) in [6.07, 6.45) is 4.70. The van der Waals surface area contributed by atoms with Gasteiger partial charge in [0, 0.05) is 5.39 Å². The Morgan fingerprint density at radius 2 is 2.09 bits per heavy atom. The first-order chi connectivity index (χ1) is 10.8. The summed E-state index contributed by atoms with van der Waals surface area (Å²) in [7, 11) is 0. The maximum absolute atomic E-state index is 12.3. The Hall–Kier alpha value is -1.77. The standard InChI is InChI=1S/C14H12ClN3O3S2/c1-5-6-8(16)9(12(19)21-14(3-4-14)13(17)20)23-10(6)18-11(22-2)7(5)15/h3-4H,16H2,1-2H3,(H2,17,20). The fraction of sp³-hybridized carbons (Fsp3) is 0.214. The van der Waals surface area contributed by atoms with Crippen LogP contribution in [-0.4, -0.2) is 28.7 Å². The van der Waals surface area contributed by atoms with Crippen molar-refractivity contribution < 1.29 is 14.3 Å². The number of carbonyl (C=O) groups is 2. The summed E-state index contributed by atoms with van der Waals surface area (Å²) >= 11 is 8.78. The number of pyridine rings is 1. The molecular formula is C14H12ClN3O3S2. The maximum Gasteiger partial charge on any atom is 0.352 e. The second-order valence-electron chi connectivity index (χ2n) is 4.97. The quantitative estimate of drug-likeness (QED) is 0.487. The van der Waals surface area contributed by atoms with Crippen LogP contribution < -0.4 is 11.5 Å². The molecule has 6 nitrogen and oxygen atoms in total. The van der Waals surface area contributed by atoms with Crippen molar-refractivity contribution in [3.8, 4) is 0 Å². The zero-order chi connectivity index (χ0) is 16.9. The molecule has 0 saturated heterocycles. The molecule has 4 N–H and O–H groups in total. The molecule has 0 radical (unpaired) electrons. The number of aromatic nitrogens is 1. The largest absolute Gasteiger partial charge is 0.436 e. The monoisotopic (exact) mass is 369 g/mol. The van der Waals surface area contributed by atoms with Gasteiger partial charge in [-0.05, 0) is 30.9 Å². The molecule has 23 heavy (non-hydrogen) atoms. The summed E-state index contributed by atoms with van der Waals surface area (Å²) in [5, 5.41) is 1.80. The van der Waals surface area contributed by atoms with Gasteiger partial charge in [0.1, 0.15) is 14.7 Å². The first-order valence-corrected chi connectivity index (χ1v) is 8.88. The minimum Gasteiger partial charge on any atom is -0.436 e.